The monoisotopic (exact) mass is 174 g/mol. The zero-order chi connectivity index (χ0) is 8.91. The molecule has 0 bridgehead atoms. The Kier molecular flexibility index (Phi) is 5.24. The van der Waals surface area contributed by atoms with Gasteiger partial charge in [0.1, 0.15) is 0 Å². The molecule has 0 nitrogen and oxygen atoms in total. The van der Waals surface area contributed by atoms with Gasteiger partial charge in [0.15, 0.2) is 0 Å². The number of rotatable bonds is 5. The summed E-state index contributed by atoms with van der Waals surface area (Å²) in [6.45, 7) is 11.6. The fraction of sp³-hybridized carbons (Fsp3) is 1.00. The van der Waals surface area contributed by atoms with Crippen LogP contribution < -0.4 is 0 Å². The first-order valence-corrected chi connectivity index (χ1v) is 5.74. The van der Waals surface area contributed by atoms with Crippen molar-refractivity contribution in [3.05, 3.63) is 0 Å². The van der Waals surface area contributed by atoms with E-state index in [0.717, 1.165) is 5.92 Å². The highest BCUT2D eigenvalue weighted by molar-refractivity contribution is 7.99. The average molecular weight is 174 g/mol. The van der Waals surface area contributed by atoms with Crippen LogP contribution in [0.5, 0.6) is 0 Å². The van der Waals surface area contributed by atoms with Crippen LogP contribution in [0.2, 0.25) is 0 Å². The van der Waals surface area contributed by atoms with Crippen LogP contribution in [0.4, 0.5) is 0 Å². The van der Waals surface area contributed by atoms with E-state index in [1.165, 1.54) is 17.9 Å². The summed E-state index contributed by atoms with van der Waals surface area (Å²) in [5, 5.41) is 0. The van der Waals surface area contributed by atoms with E-state index in [1.807, 2.05) is 0 Å². The van der Waals surface area contributed by atoms with Crippen molar-refractivity contribution in [3.8, 4) is 0 Å². The van der Waals surface area contributed by atoms with Crippen LogP contribution in [0.25, 0.3) is 0 Å². The highest BCUT2D eigenvalue weighted by Crippen LogP contribution is 2.30. The molecule has 0 atom stereocenters. The minimum absolute atomic E-state index is 0.514. The van der Waals surface area contributed by atoms with Crippen LogP contribution in [0.15, 0.2) is 0 Å². The van der Waals surface area contributed by atoms with Gasteiger partial charge in [-0.05, 0) is 29.3 Å². The van der Waals surface area contributed by atoms with Gasteiger partial charge in [-0.2, -0.15) is 11.8 Å². The summed E-state index contributed by atoms with van der Waals surface area (Å²) < 4.78 is 0. The standard InChI is InChI=1S/C10H22S/c1-6-7-11-8-10(4,5)9(2)3/h9H,6-8H2,1-5H3. The van der Waals surface area contributed by atoms with Crippen molar-refractivity contribution in [1.82, 2.24) is 0 Å². The molecular weight excluding hydrogens is 152 g/mol. The van der Waals surface area contributed by atoms with Crippen LogP contribution in [-0.4, -0.2) is 11.5 Å². The predicted molar refractivity (Wildman–Crippen MR) is 56.2 cm³/mol. The topological polar surface area (TPSA) is 0 Å². The summed E-state index contributed by atoms with van der Waals surface area (Å²) in [6.07, 6.45) is 1.30. The Morgan fingerprint density at radius 1 is 1.27 bits per heavy atom. The predicted octanol–water partition coefficient (Wildman–Crippen LogP) is 3.81. The van der Waals surface area contributed by atoms with Gasteiger partial charge in [-0.25, -0.2) is 0 Å². The minimum Gasteiger partial charge on any atom is -0.161 e. The molecule has 11 heavy (non-hydrogen) atoms. The smallest absolute Gasteiger partial charge is 0.00136 e. The maximum atomic E-state index is 2.36. The van der Waals surface area contributed by atoms with Gasteiger partial charge >= 0.3 is 0 Å². The lowest BCUT2D eigenvalue weighted by atomic mass is 9.83. The first kappa shape index (κ1) is 11.4. The summed E-state index contributed by atoms with van der Waals surface area (Å²) in [6, 6.07) is 0. The highest BCUT2D eigenvalue weighted by atomic mass is 32.2. The molecule has 0 aromatic heterocycles. The molecule has 0 N–H and O–H groups in total. The van der Waals surface area contributed by atoms with E-state index >= 15 is 0 Å². The highest BCUT2D eigenvalue weighted by Gasteiger charge is 2.21. The fourth-order valence-corrected chi connectivity index (χ4v) is 1.94. The Labute approximate surface area is 76.1 Å². The summed E-state index contributed by atoms with van der Waals surface area (Å²) >= 11 is 2.09. The summed E-state index contributed by atoms with van der Waals surface area (Å²) in [5.74, 6) is 3.42. The Morgan fingerprint density at radius 3 is 2.18 bits per heavy atom. The van der Waals surface area contributed by atoms with E-state index in [-0.39, 0.29) is 0 Å². The molecule has 0 saturated heterocycles. The summed E-state index contributed by atoms with van der Waals surface area (Å²) in [4.78, 5) is 0. The molecule has 0 spiro atoms. The molecule has 0 aromatic rings. The Bertz CT molecular complexity index is 95.0. The van der Waals surface area contributed by atoms with E-state index in [2.05, 4.69) is 46.4 Å². The second-order valence-electron chi connectivity index (χ2n) is 4.20. The Morgan fingerprint density at radius 2 is 1.82 bits per heavy atom. The van der Waals surface area contributed by atoms with Crippen molar-refractivity contribution in [2.45, 2.75) is 41.0 Å². The van der Waals surface area contributed by atoms with Gasteiger partial charge in [-0.3, -0.25) is 0 Å². The molecule has 0 aliphatic carbocycles. The summed E-state index contributed by atoms with van der Waals surface area (Å²) in [7, 11) is 0. The third-order valence-corrected chi connectivity index (χ3v) is 4.03. The van der Waals surface area contributed by atoms with Gasteiger partial charge in [0.25, 0.3) is 0 Å². The largest absolute Gasteiger partial charge is 0.161 e. The van der Waals surface area contributed by atoms with Crippen LogP contribution in [0, 0.1) is 11.3 Å². The van der Waals surface area contributed by atoms with Crippen molar-refractivity contribution in [2.24, 2.45) is 11.3 Å². The van der Waals surface area contributed by atoms with Crippen LogP contribution in [0.1, 0.15) is 41.0 Å². The SMILES string of the molecule is CCCSCC(C)(C)C(C)C. The van der Waals surface area contributed by atoms with Crippen molar-refractivity contribution in [2.75, 3.05) is 11.5 Å². The third-order valence-electron chi connectivity index (χ3n) is 2.39. The van der Waals surface area contributed by atoms with Crippen molar-refractivity contribution in [1.29, 1.82) is 0 Å². The van der Waals surface area contributed by atoms with Crippen molar-refractivity contribution in [3.63, 3.8) is 0 Å². The molecule has 0 fully saturated rings. The van der Waals surface area contributed by atoms with Gasteiger partial charge < -0.3 is 0 Å². The van der Waals surface area contributed by atoms with Gasteiger partial charge in [0.05, 0.1) is 0 Å². The molecule has 0 radical (unpaired) electrons. The quantitative estimate of drug-likeness (QED) is 0.571. The lowest BCUT2D eigenvalue weighted by molar-refractivity contribution is 0.291. The average Bonchev–Trinajstić information content (AvgIpc) is 1.88. The van der Waals surface area contributed by atoms with Gasteiger partial charge in [-0.1, -0.05) is 34.6 Å². The zero-order valence-electron chi connectivity index (χ0n) is 8.61. The van der Waals surface area contributed by atoms with Crippen molar-refractivity contribution < 1.29 is 0 Å². The first-order chi connectivity index (χ1) is 5.00. The Hall–Kier alpha value is 0.350. The van der Waals surface area contributed by atoms with Gasteiger partial charge in [0.2, 0.25) is 0 Å². The minimum atomic E-state index is 0.514. The molecule has 0 heterocycles. The first-order valence-electron chi connectivity index (χ1n) is 4.58. The lowest BCUT2D eigenvalue weighted by Crippen LogP contribution is -2.22. The van der Waals surface area contributed by atoms with E-state index in [1.54, 1.807) is 0 Å². The number of thioether (sulfide) groups is 1. The van der Waals surface area contributed by atoms with E-state index in [9.17, 15) is 0 Å². The second kappa shape index (κ2) is 5.08. The number of hydrogen-bond acceptors (Lipinski definition) is 1. The molecule has 0 saturated carbocycles. The lowest BCUT2D eigenvalue weighted by Gasteiger charge is -2.28. The zero-order valence-corrected chi connectivity index (χ0v) is 9.42. The molecule has 0 aliphatic heterocycles. The molecule has 0 unspecified atom stereocenters. The maximum absolute atomic E-state index is 2.36. The molecule has 1 heteroatoms. The normalized spacial score (nSPS) is 12.5. The molecule has 0 aliphatic rings. The summed E-state index contributed by atoms with van der Waals surface area (Å²) in [5.41, 5.74) is 0.514. The van der Waals surface area contributed by atoms with Crippen molar-refractivity contribution >= 4 is 11.8 Å². The molecule has 0 amide bonds. The molecular formula is C10H22S. The fourth-order valence-electron chi connectivity index (χ4n) is 0.646. The van der Waals surface area contributed by atoms with Crippen LogP contribution in [0.3, 0.4) is 0 Å². The van der Waals surface area contributed by atoms with E-state index in [4.69, 9.17) is 0 Å². The van der Waals surface area contributed by atoms with Gasteiger partial charge in [-0.15, -0.1) is 0 Å². The van der Waals surface area contributed by atoms with E-state index in [0.29, 0.717) is 5.41 Å². The van der Waals surface area contributed by atoms with E-state index < -0.39 is 0 Å². The molecule has 0 aromatic carbocycles. The third kappa shape index (κ3) is 4.73. The van der Waals surface area contributed by atoms with Gasteiger partial charge in [0, 0.05) is 0 Å². The maximum Gasteiger partial charge on any atom is -0.00136 e. The number of hydrogen-bond donors (Lipinski definition) is 0. The van der Waals surface area contributed by atoms with Crippen LogP contribution >= 0.6 is 11.8 Å². The molecule has 0 rings (SSSR count). The Balaban J connectivity index is 3.55. The molecule has 68 valence electrons. The van der Waals surface area contributed by atoms with Crippen LogP contribution in [-0.2, 0) is 0 Å². The second-order valence-corrected chi connectivity index (χ2v) is 5.30.